The Kier molecular flexibility index (Phi) is 3.77. The van der Waals surface area contributed by atoms with Crippen LogP contribution in [0.15, 0.2) is 18.2 Å². The Morgan fingerprint density at radius 3 is 2.24 bits per heavy atom. The molecule has 1 saturated carbocycles. The summed E-state index contributed by atoms with van der Waals surface area (Å²) in [4.78, 5) is 2.36. The molecule has 1 fully saturated rings. The third kappa shape index (κ3) is 2.84. The number of nitrogen functional groups attached to an aromatic ring is 2. The number of benzene rings is 1. The number of nitrogens with two attached hydrogens (primary N) is 2. The summed E-state index contributed by atoms with van der Waals surface area (Å²) in [5, 5.41) is 0. The highest BCUT2D eigenvalue weighted by molar-refractivity contribution is 5.69. The first kappa shape index (κ1) is 12.1. The number of hydrogen-bond acceptors (Lipinski definition) is 3. The highest BCUT2D eigenvalue weighted by Crippen LogP contribution is 2.28. The van der Waals surface area contributed by atoms with Crippen molar-refractivity contribution < 1.29 is 0 Å². The second-order valence-electron chi connectivity index (χ2n) is 5.07. The van der Waals surface area contributed by atoms with Crippen molar-refractivity contribution in [2.24, 2.45) is 0 Å². The zero-order valence-corrected chi connectivity index (χ0v) is 10.7. The van der Waals surface area contributed by atoms with E-state index in [0.717, 1.165) is 0 Å². The fraction of sp³-hybridized carbons (Fsp3) is 0.571. The molecule has 0 aliphatic heterocycles. The fourth-order valence-electron chi connectivity index (χ4n) is 2.64. The van der Waals surface area contributed by atoms with Crippen LogP contribution in [0.2, 0.25) is 0 Å². The number of nitrogens with zero attached hydrogens (tertiary/aromatic N) is 1. The maximum atomic E-state index is 5.87. The number of anilines is 3. The fourth-order valence-corrected chi connectivity index (χ4v) is 2.64. The molecule has 0 atom stereocenters. The van der Waals surface area contributed by atoms with Gasteiger partial charge in [0, 0.05) is 18.8 Å². The minimum atomic E-state index is 0.653. The Bertz CT molecular complexity index is 368. The lowest BCUT2D eigenvalue weighted by molar-refractivity contribution is 0.553. The van der Waals surface area contributed by atoms with Crippen molar-refractivity contribution >= 4 is 17.1 Å². The maximum Gasteiger partial charge on any atom is 0.0568 e. The summed E-state index contributed by atoms with van der Waals surface area (Å²) in [7, 11) is 2.17. The van der Waals surface area contributed by atoms with Crippen molar-refractivity contribution in [3.8, 4) is 0 Å². The minimum Gasteiger partial charge on any atom is -0.397 e. The van der Waals surface area contributed by atoms with E-state index in [-0.39, 0.29) is 0 Å². The van der Waals surface area contributed by atoms with Gasteiger partial charge in [0.2, 0.25) is 0 Å². The van der Waals surface area contributed by atoms with Gasteiger partial charge in [0.15, 0.2) is 0 Å². The SMILES string of the molecule is CN(c1ccc(N)c(N)c1)C1CCCCCC1. The van der Waals surface area contributed by atoms with Crippen molar-refractivity contribution in [3.63, 3.8) is 0 Å². The van der Waals surface area contributed by atoms with Crippen molar-refractivity contribution in [1.82, 2.24) is 0 Å². The van der Waals surface area contributed by atoms with E-state index >= 15 is 0 Å². The van der Waals surface area contributed by atoms with Gasteiger partial charge < -0.3 is 16.4 Å². The molecule has 0 bridgehead atoms. The normalized spacial score (nSPS) is 17.7. The molecule has 0 saturated heterocycles. The van der Waals surface area contributed by atoms with Crippen LogP contribution in [0.1, 0.15) is 38.5 Å². The Labute approximate surface area is 104 Å². The van der Waals surface area contributed by atoms with Crippen LogP contribution in [-0.4, -0.2) is 13.1 Å². The first-order chi connectivity index (χ1) is 8.18. The lowest BCUT2D eigenvalue weighted by atomic mass is 10.1. The largest absolute Gasteiger partial charge is 0.397 e. The van der Waals surface area contributed by atoms with Gasteiger partial charge in [0.25, 0.3) is 0 Å². The second-order valence-corrected chi connectivity index (χ2v) is 5.07. The van der Waals surface area contributed by atoms with E-state index < -0.39 is 0 Å². The molecule has 0 aromatic heterocycles. The van der Waals surface area contributed by atoms with Gasteiger partial charge in [-0.15, -0.1) is 0 Å². The standard InChI is InChI=1S/C14H23N3/c1-17(11-6-4-2-3-5-7-11)12-8-9-13(15)14(16)10-12/h8-11H,2-7,15-16H2,1H3. The van der Waals surface area contributed by atoms with E-state index in [1.807, 2.05) is 12.1 Å². The number of hydrogen-bond donors (Lipinski definition) is 2. The summed E-state index contributed by atoms with van der Waals surface area (Å²) in [5.41, 5.74) is 14.2. The average molecular weight is 233 g/mol. The lowest BCUT2D eigenvalue weighted by Crippen LogP contribution is -2.31. The summed E-state index contributed by atoms with van der Waals surface area (Å²) in [6.07, 6.45) is 8.04. The Morgan fingerprint density at radius 2 is 1.65 bits per heavy atom. The quantitative estimate of drug-likeness (QED) is 0.610. The molecule has 1 aromatic rings. The molecule has 1 aliphatic carbocycles. The van der Waals surface area contributed by atoms with E-state index in [0.29, 0.717) is 17.4 Å². The van der Waals surface area contributed by atoms with Gasteiger partial charge in [0.1, 0.15) is 0 Å². The summed E-state index contributed by atoms with van der Waals surface area (Å²) in [6, 6.07) is 6.61. The van der Waals surface area contributed by atoms with Gasteiger partial charge in [-0.1, -0.05) is 25.7 Å². The predicted molar refractivity (Wildman–Crippen MR) is 75.2 cm³/mol. The molecule has 17 heavy (non-hydrogen) atoms. The zero-order valence-electron chi connectivity index (χ0n) is 10.7. The van der Waals surface area contributed by atoms with E-state index in [4.69, 9.17) is 11.5 Å². The number of rotatable bonds is 2. The second kappa shape index (κ2) is 5.30. The van der Waals surface area contributed by atoms with E-state index in [2.05, 4.69) is 18.0 Å². The molecular formula is C14H23N3. The predicted octanol–water partition coefficient (Wildman–Crippen LogP) is 3.01. The maximum absolute atomic E-state index is 5.87. The lowest BCUT2D eigenvalue weighted by Gasteiger charge is -2.29. The van der Waals surface area contributed by atoms with Crippen LogP contribution in [0.5, 0.6) is 0 Å². The van der Waals surface area contributed by atoms with Crippen LogP contribution in [0.25, 0.3) is 0 Å². The van der Waals surface area contributed by atoms with Gasteiger partial charge in [-0.2, -0.15) is 0 Å². The van der Waals surface area contributed by atoms with Crippen LogP contribution >= 0.6 is 0 Å². The first-order valence-electron chi connectivity index (χ1n) is 6.56. The van der Waals surface area contributed by atoms with Crippen LogP contribution in [0, 0.1) is 0 Å². The zero-order chi connectivity index (χ0) is 12.3. The topological polar surface area (TPSA) is 55.3 Å². The highest BCUT2D eigenvalue weighted by Gasteiger charge is 2.17. The van der Waals surface area contributed by atoms with Crippen LogP contribution in [0.3, 0.4) is 0 Å². The molecule has 0 heterocycles. The average Bonchev–Trinajstić information content (AvgIpc) is 2.60. The summed E-state index contributed by atoms with van der Waals surface area (Å²) < 4.78 is 0. The van der Waals surface area contributed by atoms with Crippen LogP contribution < -0.4 is 16.4 Å². The van der Waals surface area contributed by atoms with Crippen molar-refractivity contribution in [2.75, 3.05) is 23.4 Å². The smallest absolute Gasteiger partial charge is 0.0568 e. The molecule has 0 unspecified atom stereocenters. The van der Waals surface area contributed by atoms with Gasteiger partial charge in [0.05, 0.1) is 11.4 Å². The highest BCUT2D eigenvalue weighted by atomic mass is 15.1. The molecular weight excluding hydrogens is 210 g/mol. The molecule has 3 nitrogen and oxygen atoms in total. The third-order valence-corrected chi connectivity index (χ3v) is 3.85. The molecule has 1 aliphatic rings. The van der Waals surface area contributed by atoms with Gasteiger partial charge in [-0.05, 0) is 31.0 Å². The van der Waals surface area contributed by atoms with Crippen molar-refractivity contribution in [1.29, 1.82) is 0 Å². The Morgan fingerprint density at radius 1 is 1.00 bits per heavy atom. The third-order valence-electron chi connectivity index (χ3n) is 3.85. The van der Waals surface area contributed by atoms with Crippen LogP contribution in [-0.2, 0) is 0 Å². The molecule has 2 rings (SSSR count). The molecule has 3 heteroatoms. The van der Waals surface area contributed by atoms with Crippen molar-refractivity contribution in [3.05, 3.63) is 18.2 Å². The molecule has 94 valence electrons. The van der Waals surface area contributed by atoms with Gasteiger partial charge in [-0.3, -0.25) is 0 Å². The van der Waals surface area contributed by atoms with E-state index in [1.54, 1.807) is 0 Å². The Hall–Kier alpha value is -1.38. The first-order valence-corrected chi connectivity index (χ1v) is 6.56. The van der Waals surface area contributed by atoms with E-state index in [1.165, 1.54) is 44.2 Å². The molecule has 1 aromatic carbocycles. The van der Waals surface area contributed by atoms with Gasteiger partial charge in [-0.25, -0.2) is 0 Å². The molecule has 0 radical (unpaired) electrons. The molecule has 0 spiro atoms. The molecule has 4 N–H and O–H groups in total. The van der Waals surface area contributed by atoms with E-state index in [9.17, 15) is 0 Å². The summed E-state index contributed by atoms with van der Waals surface area (Å²) in [6.45, 7) is 0. The Balaban J connectivity index is 2.11. The molecule has 0 amide bonds. The van der Waals surface area contributed by atoms with Crippen molar-refractivity contribution in [2.45, 2.75) is 44.6 Å². The summed E-state index contributed by atoms with van der Waals surface area (Å²) in [5.74, 6) is 0. The monoisotopic (exact) mass is 233 g/mol. The van der Waals surface area contributed by atoms with Crippen LogP contribution in [0.4, 0.5) is 17.1 Å². The minimum absolute atomic E-state index is 0.653. The van der Waals surface area contributed by atoms with Gasteiger partial charge >= 0.3 is 0 Å². The summed E-state index contributed by atoms with van der Waals surface area (Å²) >= 11 is 0.